The molecule has 2 aromatic carbocycles. The largest absolute Gasteiger partial charge is 0.465 e. The molecule has 0 N–H and O–H groups in total. The predicted molar refractivity (Wildman–Crippen MR) is 146 cm³/mol. The van der Waals surface area contributed by atoms with E-state index < -0.39 is 0 Å². The Bertz CT molecular complexity index is 992. The van der Waals surface area contributed by atoms with Gasteiger partial charge in [0.2, 0.25) is 0 Å². The van der Waals surface area contributed by atoms with E-state index in [-0.39, 0.29) is 16.8 Å². The van der Waals surface area contributed by atoms with E-state index in [9.17, 15) is 4.79 Å². The summed E-state index contributed by atoms with van der Waals surface area (Å²) >= 11 is 0. The topological polar surface area (TPSA) is 26.3 Å². The summed E-state index contributed by atoms with van der Waals surface area (Å²) in [4.78, 5) is 11.7. The van der Waals surface area contributed by atoms with Gasteiger partial charge in [-0.1, -0.05) is 103 Å². The highest BCUT2D eigenvalue weighted by Crippen LogP contribution is 2.47. The van der Waals surface area contributed by atoms with E-state index in [4.69, 9.17) is 4.74 Å². The zero-order valence-electron chi connectivity index (χ0n) is 22.3. The maximum absolute atomic E-state index is 11.7. The number of esters is 1. The Morgan fingerprint density at radius 1 is 0.853 bits per heavy atom. The summed E-state index contributed by atoms with van der Waals surface area (Å²) in [5.41, 5.74) is 7.98. The molecule has 34 heavy (non-hydrogen) atoms. The molecule has 2 nitrogen and oxygen atoms in total. The summed E-state index contributed by atoms with van der Waals surface area (Å²) in [6.45, 7) is 11.9. The van der Waals surface area contributed by atoms with Gasteiger partial charge in [0, 0.05) is 0 Å². The zero-order chi connectivity index (χ0) is 24.8. The quantitative estimate of drug-likeness (QED) is 0.201. The van der Waals surface area contributed by atoms with Gasteiger partial charge in [-0.05, 0) is 76.5 Å². The lowest BCUT2D eigenvalue weighted by atomic mass is 9.62. The van der Waals surface area contributed by atoms with Crippen molar-refractivity contribution >= 4 is 18.1 Å². The van der Waals surface area contributed by atoms with E-state index in [0.717, 1.165) is 12.0 Å². The molecule has 2 heteroatoms. The molecule has 0 bridgehead atoms. The van der Waals surface area contributed by atoms with Crippen LogP contribution in [0, 0.1) is 0 Å². The van der Waals surface area contributed by atoms with Crippen LogP contribution in [0.3, 0.4) is 0 Å². The first-order valence-electron chi connectivity index (χ1n) is 13.2. The van der Waals surface area contributed by atoms with E-state index in [1.54, 1.807) is 5.56 Å². The van der Waals surface area contributed by atoms with Gasteiger partial charge in [0.25, 0.3) is 0 Å². The Kier molecular flexibility index (Phi) is 8.79. The maximum Gasteiger partial charge on any atom is 0.337 e. The number of hydrogen-bond acceptors (Lipinski definition) is 2. The first-order valence-corrected chi connectivity index (χ1v) is 13.2. The third-order valence-electron chi connectivity index (χ3n) is 7.70. The third kappa shape index (κ3) is 6.40. The summed E-state index contributed by atoms with van der Waals surface area (Å²) in [5, 5.41) is 0. The number of aryl methyl sites for hydroxylation is 1. The summed E-state index contributed by atoms with van der Waals surface area (Å²) in [5.74, 6) is -0.295. The molecule has 0 amide bonds. The fraction of sp³-hybridized carbons (Fsp3) is 0.531. The molecule has 2 aromatic rings. The van der Waals surface area contributed by atoms with Crippen LogP contribution in [0.2, 0.25) is 0 Å². The smallest absolute Gasteiger partial charge is 0.337 e. The molecule has 0 unspecified atom stereocenters. The molecule has 184 valence electrons. The van der Waals surface area contributed by atoms with Crippen LogP contribution in [0.15, 0.2) is 36.4 Å². The molecule has 0 aliphatic heterocycles. The molecule has 1 aliphatic carbocycles. The number of carbonyl (C=O) groups is 1. The third-order valence-corrected chi connectivity index (χ3v) is 7.70. The second-order valence-corrected chi connectivity index (χ2v) is 11.3. The number of methoxy groups -OCH3 is 1. The minimum atomic E-state index is -0.295. The monoisotopic (exact) mass is 460 g/mol. The van der Waals surface area contributed by atoms with E-state index >= 15 is 0 Å². The number of benzene rings is 2. The van der Waals surface area contributed by atoms with Crippen LogP contribution in [0.25, 0.3) is 12.2 Å². The number of ether oxygens (including phenoxy) is 1. The first kappa shape index (κ1) is 26.3. The summed E-state index contributed by atoms with van der Waals surface area (Å²) in [7, 11) is 1.42. The molecule has 3 rings (SSSR count). The molecule has 0 radical (unpaired) electrons. The molecule has 0 heterocycles. The van der Waals surface area contributed by atoms with E-state index in [1.807, 2.05) is 24.3 Å². The number of rotatable bonds is 10. The fourth-order valence-corrected chi connectivity index (χ4v) is 5.18. The average molecular weight is 461 g/mol. The average Bonchev–Trinajstić information content (AvgIpc) is 2.82. The second kappa shape index (κ2) is 11.4. The fourth-order valence-electron chi connectivity index (χ4n) is 5.18. The van der Waals surface area contributed by atoms with E-state index in [0.29, 0.717) is 5.56 Å². The number of fused-ring (bicyclic) bond motifs is 1. The van der Waals surface area contributed by atoms with Crippen LogP contribution < -0.4 is 0 Å². The van der Waals surface area contributed by atoms with Crippen molar-refractivity contribution < 1.29 is 9.53 Å². The molecule has 0 atom stereocenters. The molecule has 0 saturated heterocycles. The van der Waals surface area contributed by atoms with Gasteiger partial charge in [-0.2, -0.15) is 0 Å². The highest BCUT2D eigenvalue weighted by molar-refractivity contribution is 5.89. The van der Waals surface area contributed by atoms with Gasteiger partial charge in [-0.3, -0.25) is 0 Å². The Morgan fingerprint density at radius 2 is 1.44 bits per heavy atom. The highest BCUT2D eigenvalue weighted by Gasteiger charge is 2.37. The Hall–Kier alpha value is -2.35. The molecular weight excluding hydrogens is 416 g/mol. The van der Waals surface area contributed by atoms with Crippen LogP contribution in [-0.4, -0.2) is 13.1 Å². The van der Waals surface area contributed by atoms with Crippen molar-refractivity contribution in [3.05, 3.63) is 69.8 Å². The van der Waals surface area contributed by atoms with Crippen LogP contribution in [0.4, 0.5) is 0 Å². The molecule has 0 spiro atoms. The maximum atomic E-state index is 11.7. The van der Waals surface area contributed by atoms with Crippen LogP contribution in [0.5, 0.6) is 0 Å². The van der Waals surface area contributed by atoms with Crippen LogP contribution in [0.1, 0.15) is 124 Å². The number of hydrogen-bond donors (Lipinski definition) is 0. The minimum Gasteiger partial charge on any atom is -0.465 e. The van der Waals surface area contributed by atoms with Gasteiger partial charge in [0.1, 0.15) is 0 Å². The molecule has 0 aromatic heterocycles. The lowest BCUT2D eigenvalue weighted by Crippen LogP contribution is -2.34. The summed E-state index contributed by atoms with van der Waals surface area (Å²) in [6, 6.07) is 12.6. The minimum absolute atomic E-state index is 0.203. The van der Waals surface area contributed by atoms with Crippen LogP contribution >= 0.6 is 0 Å². The van der Waals surface area contributed by atoms with Crippen molar-refractivity contribution in [2.75, 3.05) is 7.11 Å². The van der Waals surface area contributed by atoms with Crippen molar-refractivity contribution in [3.63, 3.8) is 0 Å². The lowest BCUT2D eigenvalue weighted by molar-refractivity contribution is 0.0600. The molecule has 0 fully saturated rings. The van der Waals surface area contributed by atoms with E-state index in [2.05, 4.69) is 58.9 Å². The van der Waals surface area contributed by atoms with Crippen molar-refractivity contribution in [1.82, 2.24) is 0 Å². The van der Waals surface area contributed by atoms with Gasteiger partial charge in [-0.15, -0.1) is 0 Å². The lowest BCUT2D eigenvalue weighted by Gasteiger charge is -2.42. The SMILES string of the molecule is CCCCCCCCc1cc2c(cc1/C=C/c1ccc(C(=O)OC)cc1)C(C)(C)CCC2(C)C. The predicted octanol–water partition coefficient (Wildman–Crippen LogP) is 8.90. The molecular formula is C32H44O2. The van der Waals surface area contributed by atoms with Gasteiger partial charge in [0.05, 0.1) is 12.7 Å². The summed E-state index contributed by atoms with van der Waals surface area (Å²) < 4.78 is 4.82. The first-order chi connectivity index (χ1) is 16.2. The standard InChI is InChI=1S/C32H44O2/c1-7-8-9-10-11-12-13-26-22-28-29(32(4,5)21-20-31(28,2)3)23-27(26)19-16-24-14-17-25(18-15-24)30(33)34-6/h14-19,22-23H,7-13,20-21H2,1-6H3/b19-16+. The van der Waals surface area contributed by atoms with E-state index in [1.165, 1.54) is 75.2 Å². The highest BCUT2D eigenvalue weighted by atomic mass is 16.5. The molecule has 1 aliphatic rings. The number of carbonyl (C=O) groups excluding carboxylic acids is 1. The van der Waals surface area contributed by atoms with Crippen molar-refractivity contribution in [2.24, 2.45) is 0 Å². The number of unbranched alkanes of at least 4 members (excludes halogenated alkanes) is 5. The second-order valence-electron chi connectivity index (χ2n) is 11.3. The van der Waals surface area contributed by atoms with Crippen molar-refractivity contribution in [1.29, 1.82) is 0 Å². The Balaban J connectivity index is 1.90. The normalized spacial score (nSPS) is 16.4. The Labute approximate surface area is 207 Å². The summed E-state index contributed by atoms with van der Waals surface area (Å²) in [6.07, 6.45) is 16.0. The van der Waals surface area contributed by atoms with Crippen LogP contribution in [-0.2, 0) is 22.0 Å². The zero-order valence-corrected chi connectivity index (χ0v) is 22.3. The Morgan fingerprint density at radius 3 is 2.06 bits per heavy atom. The van der Waals surface area contributed by atoms with Gasteiger partial charge >= 0.3 is 5.97 Å². The van der Waals surface area contributed by atoms with Gasteiger partial charge < -0.3 is 4.74 Å². The van der Waals surface area contributed by atoms with Crippen molar-refractivity contribution in [3.8, 4) is 0 Å². The van der Waals surface area contributed by atoms with Crippen molar-refractivity contribution in [2.45, 2.75) is 103 Å². The molecule has 0 saturated carbocycles. The van der Waals surface area contributed by atoms with Gasteiger partial charge in [0.15, 0.2) is 0 Å². The van der Waals surface area contributed by atoms with Gasteiger partial charge in [-0.25, -0.2) is 4.79 Å².